The number of ether oxygens (including phenoxy) is 2. The first-order valence-corrected chi connectivity index (χ1v) is 16.3. The molecule has 2 aliphatic carbocycles. The van der Waals surface area contributed by atoms with E-state index in [9.17, 15) is 13.5 Å². The summed E-state index contributed by atoms with van der Waals surface area (Å²) in [4.78, 5) is 2.47. The molecule has 2 heterocycles. The highest BCUT2D eigenvalue weighted by Gasteiger charge is 2.73. The van der Waals surface area contributed by atoms with Crippen molar-refractivity contribution in [2.75, 3.05) is 27.2 Å². The Bertz CT molecular complexity index is 1550. The largest absolute Gasteiger partial charge is 0.493 e. The average Bonchev–Trinajstić information content (AvgIpc) is 3.33. The fourth-order valence-corrected chi connectivity index (χ4v) is 9.85. The summed E-state index contributed by atoms with van der Waals surface area (Å²) in [5.41, 5.74) is 2.54. The highest BCUT2D eigenvalue weighted by Crippen LogP contribution is 2.66. The lowest BCUT2D eigenvalue weighted by Gasteiger charge is -2.64. The maximum absolute atomic E-state index is 13.7. The Kier molecular flexibility index (Phi) is 6.47. The fourth-order valence-electron chi connectivity index (χ4n) is 8.41. The van der Waals surface area contributed by atoms with Crippen LogP contribution in [0.25, 0.3) is 0 Å². The van der Waals surface area contributed by atoms with Crippen molar-refractivity contribution >= 4 is 10.0 Å². The van der Waals surface area contributed by atoms with Gasteiger partial charge in [-0.2, -0.15) is 4.31 Å². The summed E-state index contributed by atoms with van der Waals surface area (Å²) < 4.78 is 41.6. The molecule has 3 aromatic rings. The Balaban J connectivity index is 1.26. The maximum Gasteiger partial charge on any atom is 0.218 e. The summed E-state index contributed by atoms with van der Waals surface area (Å²) in [6, 6.07) is 23.4. The highest BCUT2D eigenvalue weighted by molar-refractivity contribution is 7.88. The zero-order valence-corrected chi connectivity index (χ0v) is 24.5. The Morgan fingerprint density at radius 3 is 2.44 bits per heavy atom. The van der Waals surface area contributed by atoms with E-state index in [2.05, 4.69) is 35.2 Å². The summed E-state index contributed by atoms with van der Waals surface area (Å²) >= 11 is 0. The zero-order valence-electron chi connectivity index (χ0n) is 23.7. The van der Waals surface area contributed by atoms with Gasteiger partial charge in [-0.3, -0.25) is 4.90 Å². The van der Waals surface area contributed by atoms with Crippen molar-refractivity contribution in [3.8, 4) is 11.5 Å². The number of benzene rings is 3. The molecule has 41 heavy (non-hydrogen) atoms. The number of likely N-dealkylation sites (N-methyl/N-ethyl adjacent to an activating group) is 1. The molecule has 1 saturated heterocycles. The molecule has 7 rings (SSSR count). The predicted molar refractivity (Wildman–Crippen MR) is 158 cm³/mol. The molecule has 8 heteroatoms. The monoisotopic (exact) mass is 574 g/mol. The second-order valence-corrected chi connectivity index (χ2v) is 14.2. The molecule has 2 fully saturated rings. The van der Waals surface area contributed by atoms with Crippen LogP contribution in [0.5, 0.6) is 11.5 Å². The van der Waals surface area contributed by atoms with Crippen LogP contribution >= 0.6 is 0 Å². The molecular formula is C33H38N2O5S. The van der Waals surface area contributed by atoms with Gasteiger partial charge in [0.2, 0.25) is 10.0 Å². The van der Waals surface area contributed by atoms with Crippen LogP contribution in [0.15, 0.2) is 72.8 Å². The molecule has 1 N–H and O–H groups in total. The molecular weight excluding hydrogens is 536 g/mol. The molecule has 1 spiro atoms. The summed E-state index contributed by atoms with van der Waals surface area (Å²) in [5, 5.41) is 12.9. The van der Waals surface area contributed by atoms with Crippen LogP contribution in [0.1, 0.15) is 41.5 Å². The molecule has 3 aromatic carbocycles. The van der Waals surface area contributed by atoms with Gasteiger partial charge in [0.05, 0.1) is 29.9 Å². The van der Waals surface area contributed by atoms with Gasteiger partial charge in [-0.15, -0.1) is 0 Å². The Morgan fingerprint density at radius 2 is 1.73 bits per heavy atom. The Hall–Kier alpha value is -2.91. The lowest BCUT2D eigenvalue weighted by molar-refractivity contribution is -0.195. The van der Waals surface area contributed by atoms with Crippen molar-refractivity contribution in [2.24, 2.45) is 0 Å². The molecule has 7 nitrogen and oxygen atoms in total. The van der Waals surface area contributed by atoms with Crippen LogP contribution in [0.2, 0.25) is 0 Å². The highest BCUT2D eigenvalue weighted by atomic mass is 32.2. The van der Waals surface area contributed by atoms with Crippen LogP contribution in [0.3, 0.4) is 0 Å². The van der Waals surface area contributed by atoms with E-state index in [0.29, 0.717) is 30.8 Å². The maximum atomic E-state index is 13.7. The van der Waals surface area contributed by atoms with Crippen LogP contribution in [-0.2, 0) is 34.0 Å². The molecule has 0 amide bonds. The number of likely N-dealkylation sites (tertiary alicyclic amines) is 1. The number of aliphatic hydroxyl groups is 1. The summed E-state index contributed by atoms with van der Waals surface area (Å²) in [6.07, 6.45) is 2.91. The number of rotatable bonds is 8. The third-order valence-electron chi connectivity index (χ3n) is 10.4. The van der Waals surface area contributed by atoms with Crippen molar-refractivity contribution in [1.82, 2.24) is 9.21 Å². The summed E-state index contributed by atoms with van der Waals surface area (Å²) in [5.74, 6) is 1.26. The van der Waals surface area contributed by atoms with Gasteiger partial charge in [-0.05, 0) is 61.4 Å². The summed E-state index contributed by atoms with van der Waals surface area (Å²) in [7, 11) is -0.312. The van der Waals surface area contributed by atoms with E-state index in [1.165, 1.54) is 15.4 Å². The zero-order chi connectivity index (χ0) is 28.4. The number of methoxy groups -OCH3 is 1. The van der Waals surface area contributed by atoms with Crippen LogP contribution in [-0.4, -0.2) is 73.8 Å². The predicted octanol–water partition coefficient (Wildman–Crippen LogP) is 3.92. The van der Waals surface area contributed by atoms with Gasteiger partial charge in [0.1, 0.15) is 6.10 Å². The van der Waals surface area contributed by atoms with Crippen LogP contribution < -0.4 is 9.47 Å². The van der Waals surface area contributed by atoms with E-state index in [4.69, 9.17) is 9.47 Å². The van der Waals surface area contributed by atoms with Crippen molar-refractivity contribution in [3.05, 3.63) is 95.1 Å². The molecule has 216 valence electrons. The SMILES string of the molecule is COc1ccc2c3c1O[C@H]1[C@@H](N(C)S(=O)(=O)Cc4ccccc4)CC[C@@]4(O)[C@@H](C2)N(CCc2ccccc2)CC[C@]314. The van der Waals surface area contributed by atoms with Gasteiger partial charge < -0.3 is 14.6 Å². The van der Waals surface area contributed by atoms with E-state index >= 15 is 0 Å². The van der Waals surface area contributed by atoms with Crippen LogP contribution in [0, 0.1) is 0 Å². The molecule has 1 saturated carbocycles. The molecule has 4 aliphatic rings. The molecule has 0 radical (unpaired) electrons. The summed E-state index contributed by atoms with van der Waals surface area (Å²) in [6.45, 7) is 1.69. The second-order valence-electron chi connectivity index (χ2n) is 12.2. The molecule has 0 aromatic heterocycles. The Morgan fingerprint density at radius 1 is 1.02 bits per heavy atom. The van der Waals surface area contributed by atoms with Crippen LogP contribution in [0.4, 0.5) is 0 Å². The first-order chi connectivity index (χ1) is 19.8. The second kappa shape index (κ2) is 9.83. The number of nitrogens with zero attached hydrogens (tertiary/aromatic N) is 2. The lowest BCUT2D eigenvalue weighted by Crippen LogP contribution is -2.78. The quantitative estimate of drug-likeness (QED) is 0.440. The smallest absolute Gasteiger partial charge is 0.218 e. The number of sulfonamides is 1. The first kappa shape index (κ1) is 27.0. The van der Waals surface area contributed by atoms with Gasteiger partial charge in [0, 0.05) is 25.2 Å². The third kappa shape index (κ3) is 3.98. The van der Waals surface area contributed by atoms with Crippen molar-refractivity contribution < 1.29 is 23.0 Å². The van der Waals surface area contributed by atoms with E-state index in [1.807, 2.05) is 42.5 Å². The van der Waals surface area contributed by atoms with Gasteiger partial charge >= 0.3 is 0 Å². The third-order valence-corrected chi connectivity index (χ3v) is 12.2. The molecule has 2 aliphatic heterocycles. The van der Waals surface area contributed by atoms with Crippen molar-refractivity contribution in [3.63, 3.8) is 0 Å². The molecule has 2 bridgehead atoms. The molecule has 5 atom stereocenters. The van der Waals surface area contributed by atoms with Gasteiger partial charge in [0.25, 0.3) is 0 Å². The first-order valence-electron chi connectivity index (χ1n) is 14.7. The molecule has 0 unspecified atom stereocenters. The number of hydrogen-bond acceptors (Lipinski definition) is 6. The van der Waals surface area contributed by atoms with Crippen molar-refractivity contribution in [2.45, 2.75) is 67.1 Å². The van der Waals surface area contributed by atoms with E-state index in [1.54, 1.807) is 14.2 Å². The average molecular weight is 575 g/mol. The van der Waals surface area contributed by atoms with Gasteiger partial charge in [-0.25, -0.2) is 8.42 Å². The fraction of sp³-hybridized carbons (Fsp3) is 0.455. The number of hydrogen-bond donors (Lipinski definition) is 1. The van der Waals surface area contributed by atoms with E-state index in [0.717, 1.165) is 37.1 Å². The Labute approximate surface area is 242 Å². The topological polar surface area (TPSA) is 79.3 Å². The standard InChI is InChI=1S/C33H38N2O5S/c1-34(41(37,38)22-24-11-7-4-8-12-24)26-15-17-33(36)28-21-25-13-14-27(39-2)30-29(25)32(33,31(26)40-30)18-20-35(28)19-16-23-9-5-3-6-10-23/h3-14,26,28,31,36H,15-22H2,1-2H3/t26-,28+,31-,32-,33+/m0/s1. The van der Waals surface area contributed by atoms with E-state index < -0.39 is 33.2 Å². The number of piperidine rings is 1. The van der Waals surface area contributed by atoms with Crippen molar-refractivity contribution in [1.29, 1.82) is 0 Å². The van der Waals surface area contributed by atoms with Gasteiger partial charge in [0.15, 0.2) is 11.5 Å². The minimum absolute atomic E-state index is 0.0647. The van der Waals surface area contributed by atoms with E-state index in [-0.39, 0.29) is 11.8 Å². The lowest BCUT2D eigenvalue weighted by atomic mass is 9.48. The normalized spacial score (nSPS) is 30.1. The van der Waals surface area contributed by atoms with Gasteiger partial charge in [-0.1, -0.05) is 66.7 Å². The minimum atomic E-state index is -3.63. The minimum Gasteiger partial charge on any atom is -0.493 e.